The van der Waals surface area contributed by atoms with Gasteiger partial charge in [-0.2, -0.15) is 0 Å². The van der Waals surface area contributed by atoms with Crippen LogP contribution in [0.2, 0.25) is 0 Å². The second kappa shape index (κ2) is 7.97. The van der Waals surface area contributed by atoms with Crippen LogP contribution in [0.1, 0.15) is 73.6 Å². The van der Waals surface area contributed by atoms with Crippen molar-refractivity contribution in [3.8, 4) is 0 Å². The van der Waals surface area contributed by atoms with Gasteiger partial charge in [0.2, 0.25) is 0 Å². The van der Waals surface area contributed by atoms with E-state index in [2.05, 4.69) is 47.6 Å². The maximum Gasteiger partial charge on any atom is 0.192 e. The van der Waals surface area contributed by atoms with Crippen molar-refractivity contribution in [2.45, 2.75) is 73.6 Å². The summed E-state index contributed by atoms with van der Waals surface area (Å²) in [6, 6.07) is 0. The largest absolute Gasteiger partial charge is 0.290 e. The smallest absolute Gasteiger partial charge is 0.192 e. The standard InChI is InChI=1S/C25H36O2S/c1-16(2)15-28-22-13-20(26)19(12-21(22)27)14-25(6)18(4)10-11-24(5)17(3)8-7-9-23(24)25/h8,12-13,16,18,23H,7,9-11,14-15H2,1-6H3/t18-,23+,24+,25+/m0/s1. The van der Waals surface area contributed by atoms with Crippen LogP contribution in [0.25, 0.3) is 0 Å². The molecule has 0 radical (unpaired) electrons. The van der Waals surface area contributed by atoms with Gasteiger partial charge in [-0.1, -0.05) is 46.3 Å². The molecule has 0 aliphatic heterocycles. The van der Waals surface area contributed by atoms with Crippen molar-refractivity contribution in [1.82, 2.24) is 0 Å². The van der Waals surface area contributed by atoms with Gasteiger partial charge < -0.3 is 0 Å². The van der Waals surface area contributed by atoms with E-state index in [-0.39, 0.29) is 22.4 Å². The fourth-order valence-corrected chi connectivity index (χ4v) is 6.61. The van der Waals surface area contributed by atoms with E-state index in [1.54, 1.807) is 12.2 Å². The first-order valence-corrected chi connectivity index (χ1v) is 11.9. The molecule has 0 unspecified atom stereocenters. The maximum absolute atomic E-state index is 12.9. The van der Waals surface area contributed by atoms with Gasteiger partial charge in [-0.15, -0.1) is 11.8 Å². The number of carbonyl (C=O) groups is 2. The quantitative estimate of drug-likeness (QED) is 0.389. The number of hydrogen-bond acceptors (Lipinski definition) is 3. The first-order valence-electron chi connectivity index (χ1n) is 10.9. The third kappa shape index (κ3) is 3.84. The summed E-state index contributed by atoms with van der Waals surface area (Å²) in [5.74, 6) is 2.57. The third-order valence-electron chi connectivity index (χ3n) is 7.86. The van der Waals surface area contributed by atoms with Gasteiger partial charge in [-0.3, -0.25) is 9.59 Å². The Labute approximate surface area is 175 Å². The third-order valence-corrected chi connectivity index (χ3v) is 9.33. The van der Waals surface area contributed by atoms with Crippen molar-refractivity contribution < 1.29 is 9.59 Å². The van der Waals surface area contributed by atoms with Gasteiger partial charge in [0, 0.05) is 17.4 Å². The van der Waals surface area contributed by atoms with Crippen molar-refractivity contribution in [1.29, 1.82) is 0 Å². The van der Waals surface area contributed by atoms with Gasteiger partial charge in [-0.05, 0) is 73.7 Å². The minimum atomic E-state index is 0.0230. The van der Waals surface area contributed by atoms with Gasteiger partial charge in [0.05, 0.1) is 4.91 Å². The Kier molecular flexibility index (Phi) is 6.15. The Morgan fingerprint density at radius 3 is 2.54 bits per heavy atom. The second-order valence-electron chi connectivity index (χ2n) is 10.2. The highest BCUT2D eigenvalue weighted by Crippen LogP contribution is 2.62. The molecule has 0 N–H and O–H groups in total. The minimum Gasteiger partial charge on any atom is -0.290 e. The number of rotatable bonds is 5. The number of ketones is 2. The van der Waals surface area contributed by atoms with Gasteiger partial charge >= 0.3 is 0 Å². The summed E-state index contributed by atoms with van der Waals surface area (Å²) in [5.41, 5.74) is 2.54. The topological polar surface area (TPSA) is 34.1 Å². The average Bonchev–Trinajstić information content (AvgIpc) is 2.62. The van der Waals surface area contributed by atoms with E-state index in [1.807, 2.05) is 0 Å². The van der Waals surface area contributed by atoms with Gasteiger partial charge in [0.15, 0.2) is 11.6 Å². The summed E-state index contributed by atoms with van der Waals surface area (Å²) in [4.78, 5) is 26.2. The number of thioether (sulfide) groups is 1. The molecule has 0 aromatic rings. The summed E-state index contributed by atoms with van der Waals surface area (Å²) < 4.78 is 0. The molecule has 0 heterocycles. The van der Waals surface area contributed by atoms with Crippen LogP contribution in [0.15, 0.2) is 34.3 Å². The van der Waals surface area contributed by atoms with Crippen molar-refractivity contribution >= 4 is 23.3 Å². The summed E-state index contributed by atoms with van der Waals surface area (Å²) in [6.45, 7) is 13.7. The molecule has 2 nitrogen and oxygen atoms in total. The molecule has 3 aliphatic rings. The Morgan fingerprint density at radius 1 is 1.14 bits per heavy atom. The van der Waals surface area contributed by atoms with E-state index in [0.29, 0.717) is 22.7 Å². The predicted octanol–water partition coefficient (Wildman–Crippen LogP) is 6.53. The van der Waals surface area contributed by atoms with E-state index in [9.17, 15) is 9.59 Å². The van der Waals surface area contributed by atoms with Crippen molar-refractivity contribution in [2.75, 3.05) is 5.75 Å². The predicted molar refractivity (Wildman–Crippen MR) is 119 cm³/mol. The molecule has 3 rings (SSSR count). The lowest BCUT2D eigenvalue weighted by Crippen LogP contribution is -2.50. The zero-order valence-corrected chi connectivity index (χ0v) is 19.2. The molecular weight excluding hydrogens is 364 g/mol. The van der Waals surface area contributed by atoms with E-state index in [4.69, 9.17) is 0 Å². The monoisotopic (exact) mass is 400 g/mol. The van der Waals surface area contributed by atoms with Crippen molar-refractivity contribution in [3.63, 3.8) is 0 Å². The Morgan fingerprint density at radius 2 is 1.86 bits per heavy atom. The van der Waals surface area contributed by atoms with Crippen LogP contribution >= 0.6 is 11.8 Å². The van der Waals surface area contributed by atoms with Crippen LogP contribution in [-0.4, -0.2) is 17.3 Å². The lowest BCUT2D eigenvalue weighted by molar-refractivity contribution is -0.115. The lowest BCUT2D eigenvalue weighted by Gasteiger charge is -2.58. The number of hydrogen-bond donors (Lipinski definition) is 0. The maximum atomic E-state index is 12.9. The van der Waals surface area contributed by atoms with E-state index in [0.717, 1.165) is 24.2 Å². The van der Waals surface area contributed by atoms with Gasteiger partial charge in [0.25, 0.3) is 0 Å². The Hall–Kier alpha value is -1.09. The van der Waals surface area contributed by atoms with Crippen LogP contribution < -0.4 is 0 Å². The highest BCUT2D eigenvalue weighted by molar-refractivity contribution is 8.04. The zero-order chi connectivity index (χ0) is 20.7. The molecule has 0 aromatic heterocycles. The fourth-order valence-electron chi connectivity index (χ4n) is 5.71. The van der Waals surface area contributed by atoms with Crippen LogP contribution in [0, 0.1) is 28.6 Å². The molecule has 1 fully saturated rings. The fraction of sp³-hybridized carbons (Fsp3) is 0.680. The molecule has 0 saturated heterocycles. The molecule has 3 aliphatic carbocycles. The van der Waals surface area contributed by atoms with Gasteiger partial charge in [0.1, 0.15) is 0 Å². The minimum absolute atomic E-state index is 0.0230. The lowest BCUT2D eigenvalue weighted by atomic mass is 9.46. The summed E-state index contributed by atoms with van der Waals surface area (Å²) in [7, 11) is 0. The van der Waals surface area contributed by atoms with Gasteiger partial charge in [-0.25, -0.2) is 0 Å². The van der Waals surface area contributed by atoms with Crippen LogP contribution in [0.5, 0.6) is 0 Å². The first-order chi connectivity index (χ1) is 13.1. The molecule has 0 amide bonds. The van der Waals surface area contributed by atoms with Crippen LogP contribution in [0.3, 0.4) is 0 Å². The molecule has 3 heteroatoms. The highest BCUT2D eigenvalue weighted by atomic mass is 32.2. The summed E-state index contributed by atoms with van der Waals surface area (Å²) >= 11 is 1.52. The normalized spacial score (nSPS) is 36.0. The molecule has 154 valence electrons. The van der Waals surface area contributed by atoms with E-state index in [1.165, 1.54) is 36.6 Å². The van der Waals surface area contributed by atoms with E-state index >= 15 is 0 Å². The number of carbonyl (C=O) groups excluding carboxylic acids is 2. The SMILES string of the molecule is CC1=CCC[C@H]2[C@](C)(CC3=CC(=O)C(SCC(C)C)=CC3=O)[C@@H](C)CC[C@]12C. The summed E-state index contributed by atoms with van der Waals surface area (Å²) in [6.07, 6.45) is 11.2. The number of allylic oxidation sites excluding steroid dienone is 6. The Bertz CT molecular complexity index is 757. The molecule has 28 heavy (non-hydrogen) atoms. The second-order valence-corrected chi connectivity index (χ2v) is 11.2. The summed E-state index contributed by atoms with van der Waals surface area (Å²) in [5, 5.41) is 0. The molecule has 1 saturated carbocycles. The zero-order valence-electron chi connectivity index (χ0n) is 18.4. The average molecular weight is 401 g/mol. The van der Waals surface area contributed by atoms with Crippen molar-refractivity contribution in [2.24, 2.45) is 28.6 Å². The molecule has 0 spiro atoms. The first kappa shape index (κ1) is 21.6. The molecule has 0 bridgehead atoms. The molecule has 4 atom stereocenters. The Balaban J connectivity index is 1.84. The number of fused-ring (bicyclic) bond motifs is 1. The van der Waals surface area contributed by atoms with Crippen molar-refractivity contribution in [3.05, 3.63) is 34.3 Å². The van der Waals surface area contributed by atoms with E-state index < -0.39 is 0 Å². The van der Waals surface area contributed by atoms with Crippen LogP contribution in [0.4, 0.5) is 0 Å². The highest BCUT2D eigenvalue weighted by Gasteiger charge is 2.53. The molecular formula is C25H36O2S. The molecule has 0 aromatic carbocycles. The van der Waals surface area contributed by atoms with Crippen LogP contribution in [-0.2, 0) is 9.59 Å².